The minimum Gasteiger partial charge on any atom is -0.453 e. The molecule has 1 aromatic carbocycles. The van der Waals surface area contributed by atoms with Crippen molar-refractivity contribution in [2.45, 2.75) is 0 Å². The number of nitrogens with zero attached hydrogens (tertiary/aromatic N) is 1. The summed E-state index contributed by atoms with van der Waals surface area (Å²) in [6, 6.07) is 9.42. The van der Waals surface area contributed by atoms with E-state index in [1.807, 2.05) is 30.3 Å². The maximum Gasteiger partial charge on any atom is 0.397 e. The van der Waals surface area contributed by atoms with Gasteiger partial charge in [-0.1, -0.05) is 30.3 Å². The van der Waals surface area contributed by atoms with Gasteiger partial charge in [-0.25, -0.2) is 4.79 Å². The topological polar surface area (TPSA) is 47.9 Å². The Morgan fingerprint density at radius 3 is 2.67 bits per heavy atom. The van der Waals surface area contributed by atoms with Gasteiger partial charge in [-0.15, -0.1) is 0 Å². The van der Waals surface area contributed by atoms with Gasteiger partial charge in [-0.3, -0.25) is 0 Å². The molecule has 0 unspecified atom stereocenters. The number of hydrogen-bond acceptors (Lipinski definition) is 4. The molecule has 1 aliphatic heterocycles. The van der Waals surface area contributed by atoms with E-state index in [-0.39, 0.29) is 11.8 Å². The summed E-state index contributed by atoms with van der Waals surface area (Å²) in [5, 5.41) is 0. The molecule has 0 N–H and O–H groups in total. The number of methoxy groups -OCH3 is 1. The average Bonchev–Trinajstić information content (AvgIpc) is 2.61. The Bertz CT molecular complexity index is 434. The highest BCUT2D eigenvalue weighted by Gasteiger charge is 2.23. The molecule has 0 amide bonds. The van der Waals surface area contributed by atoms with Crippen LogP contribution >= 0.6 is 0 Å². The number of rotatable bonds is 1. The Morgan fingerprint density at radius 2 is 2.07 bits per heavy atom. The van der Waals surface area contributed by atoms with E-state index in [9.17, 15) is 4.79 Å². The van der Waals surface area contributed by atoms with Gasteiger partial charge in [0.05, 0.1) is 7.11 Å². The molecule has 0 spiro atoms. The van der Waals surface area contributed by atoms with Crippen molar-refractivity contribution in [3.63, 3.8) is 0 Å². The van der Waals surface area contributed by atoms with Crippen LogP contribution in [0.1, 0.15) is 5.56 Å². The molecular formula is C11H9NO3. The third-order valence-corrected chi connectivity index (χ3v) is 1.88. The van der Waals surface area contributed by atoms with Gasteiger partial charge in [-0.2, -0.15) is 4.99 Å². The number of cyclic esters (lactones) is 1. The van der Waals surface area contributed by atoms with Crippen LogP contribution in [0.5, 0.6) is 0 Å². The normalized spacial score (nSPS) is 17.5. The monoisotopic (exact) mass is 203 g/mol. The fourth-order valence-corrected chi connectivity index (χ4v) is 1.18. The maximum atomic E-state index is 11.3. The molecule has 0 atom stereocenters. The van der Waals surface area contributed by atoms with Crippen molar-refractivity contribution < 1.29 is 14.3 Å². The number of carbonyl (C=O) groups is 1. The summed E-state index contributed by atoms with van der Waals surface area (Å²) in [5.74, 6) is -0.490. The van der Waals surface area contributed by atoms with E-state index < -0.39 is 5.97 Å². The van der Waals surface area contributed by atoms with Crippen molar-refractivity contribution in [1.29, 1.82) is 0 Å². The van der Waals surface area contributed by atoms with Crippen LogP contribution in [-0.2, 0) is 14.3 Å². The van der Waals surface area contributed by atoms with Gasteiger partial charge >= 0.3 is 12.1 Å². The molecule has 76 valence electrons. The lowest BCUT2D eigenvalue weighted by molar-refractivity contribution is -0.131. The van der Waals surface area contributed by atoms with Crippen molar-refractivity contribution in [2.24, 2.45) is 4.99 Å². The summed E-state index contributed by atoms with van der Waals surface area (Å²) in [6.45, 7) is 0. The predicted octanol–water partition coefficient (Wildman–Crippen LogP) is 1.59. The fraction of sp³-hybridized carbons (Fsp3) is 0.0909. The number of carbonyl (C=O) groups excluding carboxylic acids is 1. The van der Waals surface area contributed by atoms with Crippen molar-refractivity contribution >= 4 is 18.1 Å². The second-order valence-corrected chi connectivity index (χ2v) is 2.91. The lowest BCUT2D eigenvalue weighted by atomic mass is 10.2. The zero-order valence-corrected chi connectivity index (χ0v) is 8.14. The second kappa shape index (κ2) is 3.96. The van der Waals surface area contributed by atoms with Crippen LogP contribution in [0.25, 0.3) is 6.08 Å². The molecule has 0 aliphatic carbocycles. The molecule has 1 aromatic rings. The summed E-state index contributed by atoms with van der Waals surface area (Å²) >= 11 is 0. The van der Waals surface area contributed by atoms with E-state index in [0.29, 0.717) is 0 Å². The molecule has 4 nitrogen and oxygen atoms in total. The highest BCUT2D eigenvalue weighted by Crippen LogP contribution is 2.15. The Morgan fingerprint density at radius 1 is 1.33 bits per heavy atom. The molecule has 0 bridgehead atoms. The molecular weight excluding hydrogens is 194 g/mol. The SMILES string of the molecule is COC1=N/C(=C/c2ccccc2)C(=O)O1. The molecule has 4 heteroatoms. The molecule has 2 rings (SSSR count). The zero-order valence-electron chi connectivity index (χ0n) is 8.14. The van der Waals surface area contributed by atoms with Crippen LogP contribution < -0.4 is 0 Å². The Balaban J connectivity index is 2.28. The van der Waals surface area contributed by atoms with Gasteiger partial charge in [0.25, 0.3) is 0 Å². The molecule has 1 heterocycles. The average molecular weight is 203 g/mol. The lowest BCUT2D eigenvalue weighted by Crippen LogP contribution is -2.04. The predicted molar refractivity (Wildman–Crippen MR) is 55.0 cm³/mol. The third-order valence-electron chi connectivity index (χ3n) is 1.88. The molecule has 0 radical (unpaired) electrons. The van der Waals surface area contributed by atoms with Crippen LogP contribution in [-0.4, -0.2) is 19.2 Å². The summed E-state index contributed by atoms with van der Waals surface area (Å²) in [6.07, 6.45) is 1.64. The van der Waals surface area contributed by atoms with Crippen LogP contribution in [0.4, 0.5) is 0 Å². The van der Waals surface area contributed by atoms with E-state index in [0.717, 1.165) is 5.56 Å². The minimum absolute atomic E-state index is 0.0119. The first-order valence-corrected chi connectivity index (χ1v) is 4.41. The molecule has 0 saturated heterocycles. The van der Waals surface area contributed by atoms with Gasteiger partial charge in [0.1, 0.15) is 0 Å². The largest absolute Gasteiger partial charge is 0.453 e. The molecule has 0 saturated carbocycles. The first-order chi connectivity index (χ1) is 7.29. The fourth-order valence-electron chi connectivity index (χ4n) is 1.18. The van der Waals surface area contributed by atoms with Gasteiger partial charge in [0.2, 0.25) is 0 Å². The van der Waals surface area contributed by atoms with Crippen molar-refractivity contribution in [3.8, 4) is 0 Å². The van der Waals surface area contributed by atoms with Crippen LogP contribution in [0.3, 0.4) is 0 Å². The number of ether oxygens (including phenoxy) is 2. The summed E-state index contributed by atoms with van der Waals surface area (Å²) in [4.78, 5) is 15.1. The number of benzene rings is 1. The highest BCUT2D eigenvalue weighted by molar-refractivity contribution is 6.04. The van der Waals surface area contributed by atoms with Crippen LogP contribution in [0.2, 0.25) is 0 Å². The zero-order chi connectivity index (χ0) is 10.7. The molecule has 0 aromatic heterocycles. The van der Waals surface area contributed by atoms with E-state index >= 15 is 0 Å². The van der Waals surface area contributed by atoms with Crippen LogP contribution in [0.15, 0.2) is 41.0 Å². The Hall–Kier alpha value is -2.10. The third kappa shape index (κ3) is 2.04. The van der Waals surface area contributed by atoms with Crippen molar-refractivity contribution in [1.82, 2.24) is 0 Å². The van der Waals surface area contributed by atoms with Gasteiger partial charge in [0.15, 0.2) is 5.70 Å². The number of esters is 1. The number of hydrogen-bond donors (Lipinski definition) is 0. The molecule has 0 fully saturated rings. The van der Waals surface area contributed by atoms with Gasteiger partial charge in [0, 0.05) is 0 Å². The van der Waals surface area contributed by atoms with Gasteiger partial charge < -0.3 is 9.47 Å². The summed E-state index contributed by atoms with van der Waals surface area (Å²) < 4.78 is 9.43. The standard InChI is InChI=1S/C11H9NO3/c1-14-11-12-9(10(13)15-11)7-8-5-3-2-4-6-8/h2-7H,1H3/b9-7+. The van der Waals surface area contributed by atoms with E-state index in [1.54, 1.807) is 6.08 Å². The molecule has 15 heavy (non-hydrogen) atoms. The van der Waals surface area contributed by atoms with Crippen LogP contribution in [0, 0.1) is 0 Å². The van der Waals surface area contributed by atoms with Crippen molar-refractivity contribution in [2.75, 3.05) is 7.11 Å². The second-order valence-electron chi connectivity index (χ2n) is 2.91. The van der Waals surface area contributed by atoms with Crippen molar-refractivity contribution in [3.05, 3.63) is 41.6 Å². The minimum atomic E-state index is -0.490. The van der Waals surface area contributed by atoms with Gasteiger partial charge in [-0.05, 0) is 11.6 Å². The number of aliphatic imine (C=N–C) groups is 1. The highest BCUT2D eigenvalue weighted by atomic mass is 16.7. The molecule has 1 aliphatic rings. The lowest BCUT2D eigenvalue weighted by Gasteiger charge is -1.92. The first kappa shape index (κ1) is 9.45. The van der Waals surface area contributed by atoms with E-state index in [4.69, 9.17) is 9.47 Å². The van der Waals surface area contributed by atoms with E-state index in [1.165, 1.54) is 7.11 Å². The smallest absolute Gasteiger partial charge is 0.397 e. The Kier molecular flexibility index (Phi) is 2.49. The first-order valence-electron chi connectivity index (χ1n) is 4.41. The summed E-state index contributed by atoms with van der Waals surface area (Å²) in [7, 11) is 1.40. The maximum absolute atomic E-state index is 11.3. The van der Waals surface area contributed by atoms with E-state index in [2.05, 4.69) is 4.99 Å². The summed E-state index contributed by atoms with van der Waals surface area (Å²) in [5.41, 5.74) is 1.14. The quantitative estimate of drug-likeness (QED) is 0.514. The Labute approximate surface area is 86.8 Å².